The summed E-state index contributed by atoms with van der Waals surface area (Å²) in [6.45, 7) is 6.45. The van der Waals surface area contributed by atoms with E-state index in [4.69, 9.17) is 0 Å². The van der Waals surface area contributed by atoms with Crippen LogP contribution in [0.1, 0.15) is 35.7 Å². The van der Waals surface area contributed by atoms with Gasteiger partial charge in [0.15, 0.2) is 0 Å². The SMILES string of the molecule is CCC1CN(C)CCCN1C(=O)c1ccc(C)cc1F. The number of likely N-dealkylation sites (N-methyl/N-ethyl adjacent to an activating group) is 1. The lowest BCUT2D eigenvalue weighted by atomic mass is 10.1. The maximum Gasteiger partial charge on any atom is 0.257 e. The Morgan fingerprint density at radius 3 is 2.80 bits per heavy atom. The first-order valence-electron chi connectivity index (χ1n) is 7.28. The van der Waals surface area contributed by atoms with E-state index in [0.29, 0.717) is 6.54 Å². The summed E-state index contributed by atoms with van der Waals surface area (Å²) < 4.78 is 14.0. The van der Waals surface area contributed by atoms with Gasteiger partial charge in [-0.05, 0) is 51.1 Å². The van der Waals surface area contributed by atoms with Crippen molar-refractivity contribution in [3.05, 3.63) is 35.1 Å². The molecule has 0 N–H and O–H groups in total. The van der Waals surface area contributed by atoms with Gasteiger partial charge in [-0.1, -0.05) is 13.0 Å². The second-order valence-electron chi connectivity index (χ2n) is 5.66. The summed E-state index contributed by atoms with van der Waals surface area (Å²) in [6, 6.07) is 4.99. The van der Waals surface area contributed by atoms with Gasteiger partial charge in [0.2, 0.25) is 0 Å². The molecule has 0 bridgehead atoms. The molecule has 0 saturated carbocycles. The van der Waals surface area contributed by atoms with E-state index in [-0.39, 0.29) is 17.5 Å². The number of amides is 1. The van der Waals surface area contributed by atoms with Crippen LogP contribution in [-0.2, 0) is 0 Å². The lowest BCUT2D eigenvalue weighted by Gasteiger charge is -2.30. The van der Waals surface area contributed by atoms with E-state index in [1.54, 1.807) is 12.1 Å². The van der Waals surface area contributed by atoms with Crippen LogP contribution in [0.5, 0.6) is 0 Å². The summed E-state index contributed by atoms with van der Waals surface area (Å²) in [4.78, 5) is 16.7. The molecular weight excluding hydrogens is 255 g/mol. The van der Waals surface area contributed by atoms with Gasteiger partial charge in [0.05, 0.1) is 5.56 Å². The van der Waals surface area contributed by atoms with E-state index < -0.39 is 5.82 Å². The van der Waals surface area contributed by atoms with Crippen molar-refractivity contribution in [1.82, 2.24) is 9.80 Å². The topological polar surface area (TPSA) is 23.6 Å². The van der Waals surface area contributed by atoms with Crippen molar-refractivity contribution in [3.63, 3.8) is 0 Å². The first-order chi connectivity index (χ1) is 9.52. The van der Waals surface area contributed by atoms with Crippen LogP contribution in [0, 0.1) is 12.7 Å². The number of hydrogen-bond acceptors (Lipinski definition) is 2. The van der Waals surface area contributed by atoms with Crippen molar-refractivity contribution in [2.24, 2.45) is 0 Å². The Labute approximate surface area is 120 Å². The first-order valence-corrected chi connectivity index (χ1v) is 7.28. The van der Waals surface area contributed by atoms with Gasteiger partial charge < -0.3 is 9.80 Å². The fourth-order valence-corrected chi connectivity index (χ4v) is 2.81. The molecule has 1 fully saturated rings. The van der Waals surface area contributed by atoms with Gasteiger partial charge in [0.25, 0.3) is 5.91 Å². The molecular formula is C16H23FN2O. The maximum atomic E-state index is 14.0. The molecule has 2 rings (SSSR count). The fourth-order valence-electron chi connectivity index (χ4n) is 2.81. The Morgan fingerprint density at radius 2 is 2.15 bits per heavy atom. The van der Waals surface area contributed by atoms with Crippen molar-refractivity contribution >= 4 is 5.91 Å². The Bertz CT molecular complexity index is 489. The van der Waals surface area contributed by atoms with Crippen LogP contribution >= 0.6 is 0 Å². The average Bonchev–Trinajstić information content (AvgIpc) is 2.59. The highest BCUT2D eigenvalue weighted by atomic mass is 19.1. The van der Waals surface area contributed by atoms with Crippen molar-refractivity contribution < 1.29 is 9.18 Å². The highest BCUT2D eigenvalue weighted by Gasteiger charge is 2.28. The molecule has 0 radical (unpaired) electrons. The Balaban J connectivity index is 2.25. The lowest BCUT2D eigenvalue weighted by molar-refractivity contribution is 0.0671. The van der Waals surface area contributed by atoms with Gasteiger partial charge in [-0.3, -0.25) is 4.79 Å². The van der Waals surface area contributed by atoms with Crippen LogP contribution in [0.3, 0.4) is 0 Å². The number of aryl methyl sites for hydroxylation is 1. The monoisotopic (exact) mass is 278 g/mol. The van der Waals surface area contributed by atoms with Crippen LogP contribution in [-0.4, -0.2) is 48.4 Å². The van der Waals surface area contributed by atoms with Gasteiger partial charge in [-0.2, -0.15) is 0 Å². The van der Waals surface area contributed by atoms with Crippen molar-refractivity contribution in [2.75, 3.05) is 26.7 Å². The number of rotatable bonds is 2. The predicted octanol–water partition coefficient (Wildman–Crippen LogP) is 2.69. The highest BCUT2D eigenvalue weighted by Crippen LogP contribution is 2.18. The summed E-state index contributed by atoms with van der Waals surface area (Å²) in [6.07, 6.45) is 1.83. The van der Waals surface area contributed by atoms with Crippen LogP contribution in [0.4, 0.5) is 4.39 Å². The molecule has 1 aromatic rings. The van der Waals surface area contributed by atoms with E-state index in [9.17, 15) is 9.18 Å². The molecule has 1 aromatic carbocycles. The van der Waals surface area contributed by atoms with Crippen LogP contribution < -0.4 is 0 Å². The molecule has 1 amide bonds. The number of hydrogen-bond donors (Lipinski definition) is 0. The smallest absolute Gasteiger partial charge is 0.257 e. The van der Waals surface area contributed by atoms with Gasteiger partial charge in [-0.15, -0.1) is 0 Å². The molecule has 0 aliphatic carbocycles. The molecule has 110 valence electrons. The highest BCUT2D eigenvalue weighted by molar-refractivity contribution is 5.94. The summed E-state index contributed by atoms with van der Waals surface area (Å²) in [5, 5.41) is 0. The predicted molar refractivity (Wildman–Crippen MR) is 78.4 cm³/mol. The largest absolute Gasteiger partial charge is 0.334 e. The van der Waals surface area contributed by atoms with E-state index >= 15 is 0 Å². The molecule has 0 aromatic heterocycles. The lowest BCUT2D eigenvalue weighted by Crippen LogP contribution is -2.43. The van der Waals surface area contributed by atoms with Crippen LogP contribution in [0.2, 0.25) is 0 Å². The fraction of sp³-hybridized carbons (Fsp3) is 0.562. The van der Waals surface area contributed by atoms with Crippen molar-refractivity contribution in [3.8, 4) is 0 Å². The maximum absolute atomic E-state index is 14.0. The van der Waals surface area contributed by atoms with Crippen molar-refractivity contribution in [1.29, 1.82) is 0 Å². The standard InChI is InChI=1S/C16H23FN2O/c1-4-13-11-18(3)8-5-9-19(13)16(20)14-7-6-12(2)10-15(14)17/h6-7,10,13H,4-5,8-9,11H2,1-3H3. The number of halogens is 1. The van der Waals surface area contributed by atoms with Crippen molar-refractivity contribution in [2.45, 2.75) is 32.7 Å². The Hall–Kier alpha value is -1.42. The molecule has 1 saturated heterocycles. The van der Waals surface area contributed by atoms with Gasteiger partial charge in [-0.25, -0.2) is 4.39 Å². The molecule has 1 heterocycles. The third-order valence-electron chi connectivity index (χ3n) is 3.99. The Kier molecular flexibility index (Phi) is 4.76. The minimum atomic E-state index is -0.414. The van der Waals surface area contributed by atoms with E-state index in [2.05, 4.69) is 18.9 Å². The quantitative estimate of drug-likeness (QED) is 0.830. The van der Waals surface area contributed by atoms with Gasteiger partial charge in [0, 0.05) is 19.1 Å². The van der Waals surface area contributed by atoms with E-state index in [0.717, 1.165) is 31.5 Å². The third kappa shape index (κ3) is 3.18. The molecule has 20 heavy (non-hydrogen) atoms. The average molecular weight is 278 g/mol. The summed E-state index contributed by atoms with van der Waals surface area (Å²) in [5.74, 6) is -0.591. The zero-order valence-corrected chi connectivity index (χ0v) is 12.5. The number of carbonyl (C=O) groups is 1. The molecule has 1 aliphatic rings. The van der Waals surface area contributed by atoms with E-state index in [1.807, 2.05) is 11.8 Å². The molecule has 3 nitrogen and oxygen atoms in total. The molecule has 1 atom stereocenters. The molecule has 0 spiro atoms. The van der Waals surface area contributed by atoms with Crippen LogP contribution in [0.25, 0.3) is 0 Å². The zero-order chi connectivity index (χ0) is 14.7. The number of nitrogens with zero attached hydrogens (tertiary/aromatic N) is 2. The first kappa shape index (κ1) is 15.0. The minimum Gasteiger partial charge on any atom is -0.334 e. The normalized spacial score (nSPS) is 20.8. The van der Waals surface area contributed by atoms with Crippen LogP contribution in [0.15, 0.2) is 18.2 Å². The molecule has 1 aliphatic heterocycles. The second kappa shape index (κ2) is 6.35. The number of carbonyl (C=O) groups excluding carboxylic acids is 1. The minimum absolute atomic E-state index is 0.163. The second-order valence-corrected chi connectivity index (χ2v) is 5.66. The van der Waals surface area contributed by atoms with Gasteiger partial charge >= 0.3 is 0 Å². The Morgan fingerprint density at radius 1 is 1.40 bits per heavy atom. The summed E-state index contributed by atoms with van der Waals surface area (Å²) in [5.41, 5.74) is 1.03. The summed E-state index contributed by atoms with van der Waals surface area (Å²) in [7, 11) is 2.07. The summed E-state index contributed by atoms with van der Waals surface area (Å²) >= 11 is 0. The zero-order valence-electron chi connectivity index (χ0n) is 12.5. The van der Waals surface area contributed by atoms with E-state index in [1.165, 1.54) is 6.07 Å². The number of benzene rings is 1. The van der Waals surface area contributed by atoms with Gasteiger partial charge in [0.1, 0.15) is 5.82 Å². The third-order valence-corrected chi connectivity index (χ3v) is 3.99. The molecule has 1 unspecified atom stereocenters. The molecule has 4 heteroatoms.